The van der Waals surface area contributed by atoms with Gasteiger partial charge in [0.25, 0.3) is 5.91 Å². The fourth-order valence-electron chi connectivity index (χ4n) is 2.26. The predicted molar refractivity (Wildman–Crippen MR) is 75.4 cm³/mol. The van der Waals surface area contributed by atoms with Gasteiger partial charge >= 0.3 is 5.97 Å². The third-order valence-electron chi connectivity index (χ3n) is 3.20. The lowest BCUT2D eigenvalue weighted by Gasteiger charge is -2.17. The van der Waals surface area contributed by atoms with E-state index in [0.29, 0.717) is 23.7 Å². The quantitative estimate of drug-likeness (QED) is 0.915. The smallest absolute Gasteiger partial charge is 0.303 e. The summed E-state index contributed by atoms with van der Waals surface area (Å²) in [4.78, 5) is 24.7. The summed E-state index contributed by atoms with van der Waals surface area (Å²) in [6.45, 7) is 1.06. The highest BCUT2D eigenvalue weighted by Crippen LogP contribution is 2.26. The van der Waals surface area contributed by atoms with Crippen molar-refractivity contribution in [2.24, 2.45) is 5.92 Å². The van der Waals surface area contributed by atoms with Crippen molar-refractivity contribution >= 4 is 39.4 Å². The van der Waals surface area contributed by atoms with Crippen molar-refractivity contribution in [3.05, 3.63) is 33.3 Å². The van der Waals surface area contributed by atoms with Crippen molar-refractivity contribution in [2.45, 2.75) is 12.8 Å². The Hall–Kier alpha value is -1.07. The summed E-state index contributed by atoms with van der Waals surface area (Å²) in [5, 5.41) is 9.18. The van der Waals surface area contributed by atoms with Gasteiger partial charge in [-0.25, -0.2) is 0 Å². The molecule has 6 heteroatoms. The zero-order valence-corrected chi connectivity index (χ0v) is 12.4. The molecule has 1 saturated heterocycles. The van der Waals surface area contributed by atoms with Crippen LogP contribution in [0.15, 0.2) is 22.7 Å². The second-order valence-electron chi connectivity index (χ2n) is 4.63. The standard InChI is InChI=1S/C13H13BrClNO3/c14-9-1-2-11(15)10(6-9)13(19)16-4-3-8(7-16)5-12(17)18/h1-2,6,8H,3-5,7H2,(H,17,18). The number of rotatable bonds is 3. The summed E-state index contributed by atoms with van der Waals surface area (Å²) in [7, 11) is 0. The van der Waals surface area contributed by atoms with E-state index in [1.54, 1.807) is 23.1 Å². The Morgan fingerprint density at radius 2 is 2.21 bits per heavy atom. The normalized spacial score (nSPS) is 18.6. The van der Waals surface area contributed by atoms with E-state index >= 15 is 0 Å². The molecule has 19 heavy (non-hydrogen) atoms. The highest BCUT2D eigenvalue weighted by Gasteiger charge is 2.29. The molecule has 1 atom stereocenters. The largest absolute Gasteiger partial charge is 0.481 e. The zero-order valence-electron chi connectivity index (χ0n) is 10.1. The Kier molecular flexibility index (Phi) is 4.47. The summed E-state index contributed by atoms with van der Waals surface area (Å²) in [6, 6.07) is 5.13. The predicted octanol–water partition coefficient (Wildman–Crippen LogP) is 3.04. The monoisotopic (exact) mass is 345 g/mol. The zero-order chi connectivity index (χ0) is 14.0. The maximum absolute atomic E-state index is 12.3. The Morgan fingerprint density at radius 3 is 2.89 bits per heavy atom. The van der Waals surface area contributed by atoms with Crippen LogP contribution in [-0.4, -0.2) is 35.0 Å². The summed E-state index contributed by atoms with van der Waals surface area (Å²) >= 11 is 9.34. The van der Waals surface area contributed by atoms with E-state index < -0.39 is 5.97 Å². The molecular formula is C13H13BrClNO3. The molecule has 0 aliphatic carbocycles. The van der Waals surface area contributed by atoms with E-state index in [-0.39, 0.29) is 18.2 Å². The molecule has 1 amide bonds. The first kappa shape index (κ1) is 14.3. The number of halogens is 2. The molecule has 0 saturated carbocycles. The van der Waals surface area contributed by atoms with Gasteiger partial charge in [0.05, 0.1) is 10.6 Å². The minimum Gasteiger partial charge on any atom is -0.481 e. The number of carboxylic acid groups (broad SMARTS) is 1. The van der Waals surface area contributed by atoms with Crippen LogP contribution in [0.1, 0.15) is 23.2 Å². The fourth-order valence-corrected chi connectivity index (χ4v) is 2.82. The lowest BCUT2D eigenvalue weighted by Crippen LogP contribution is -2.29. The van der Waals surface area contributed by atoms with Crippen LogP contribution in [0.5, 0.6) is 0 Å². The van der Waals surface area contributed by atoms with Gasteiger partial charge < -0.3 is 10.0 Å². The van der Waals surface area contributed by atoms with E-state index in [4.69, 9.17) is 16.7 Å². The molecule has 4 nitrogen and oxygen atoms in total. The molecule has 1 aliphatic heterocycles. The molecule has 0 spiro atoms. The molecule has 1 N–H and O–H groups in total. The van der Waals surface area contributed by atoms with E-state index in [1.165, 1.54) is 0 Å². The first-order valence-electron chi connectivity index (χ1n) is 5.93. The number of hydrogen-bond acceptors (Lipinski definition) is 2. The van der Waals surface area contributed by atoms with Crippen molar-refractivity contribution in [1.82, 2.24) is 4.90 Å². The Bertz CT molecular complexity index is 521. The highest BCUT2D eigenvalue weighted by molar-refractivity contribution is 9.10. The van der Waals surface area contributed by atoms with Gasteiger partial charge in [-0.05, 0) is 30.5 Å². The van der Waals surface area contributed by atoms with Crippen LogP contribution in [0.25, 0.3) is 0 Å². The van der Waals surface area contributed by atoms with E-state index in [1.807, 2.05) is 0 Å². The van der Waals surface area contributed by atoms with Crippen molar-refractivity contribution in [2.75, 3.05) is 13.1 Å². The van der Waals surface area contributed by atoms with Crippen LogP contribution >= 0.6 is 27.5 Å². The summed E-state index contributed by atoms with van der Waals surface area (Å²) in [5.74, 6) is -0.925. The van der Waals surface area contributed by atoms with Gasteiger partial charge in [-0.15, -0.1) is 0 Å². The minimum absolute atomic E-state index is 0.0346. The van der Waals surface area contributed by atoms with E-state index in [2.05, 4.69) is 15.9 Å². The number of carboxylic acids is 1. The first-order valence-corrected chi connectivity index (χ1v) is 7.10. The molecule has 1 aromatic carbocycles. The molecule has 0 radical (unpaired) electrons. The second-order valence-corrected chi connectivity index (χ2v) is 5.95. The van der Waals surface area contributed by atoms with Crippen molar-refractivity contribution < 1.29 is 14.7 Å². The first-order chi connectivity index (χ1) is 8.97. The second kappa shape index (κ2) is 5.92. The lowest BCUT2D eigenvalue weighted by molar-refractivity contribution is -0.138. The number of carbonyl (C=O) groups excluding carboxylic acids is 1. The molecule has 0 bridgehead atoms. The van der Waals surface area contributed by atoms with Crippen molar-refractivity contribution in [3.8, 4) is 0 Å². The average molecular weight is 347 g/mol. The van der Waals surface area contributed by atoms with Gasteiger partial charge in [0.2, 0.25) is 0 Å². The number of likely N-dealkylation sites (tertiary alicyclic amines) is 1. The summed E-state index contributed by atoms with van der Waals surface area (Å²) in [6.07, 6.45) is 0.833. The number of hydrogen-bond donors (Lipinski definition) is 1. The Labute approximate surface area is 124 Å². The van der Waals surface area contributed by atoms with Gasteiger partial charge in [0.15, 0.2) is 0 Å². The number of amides is 1. The third kappa shape index (κ3) is 3.48. The van der Waals surface area contributed by atoms with Crippen LogP contribution in [0, 0.1) is 5.92 Å². The minimum atomic E-state index is -0.820. The maximum atomic E-state index is 12.3. The Morgan fingerprint density at radius 1 is 1.47 bits per heavy atom. The molecule has 102 valence electrons. The van der Waals surface area contributed by atoms with E-state index in [9.17, 15) is 9.59 Å². The van der Waals surface area contributed by atoms with Crippen LogP contribution in [0.4, 0.5) is 0 Å². The van der Waals surface area contributed by atoms with Crippen LogP contribution < -0.4 is 0 Å². The molecule has 1 aromatic rings. The molecule has 2 rings (SSSR count). The average Bonchev–Trinajstić information content (AvgIpc) is 2.79. The van der Waals surface area contributed by atoms with Gasteiger partial charge in [0, 0.05) is 24.0 Å². The number of benzene rings is 1. The van der Waals surface area contributed by atoms with Gasteiger partial charge in [-0.1, -0.05) is 27.5 Å². The summed E-state index contributed by atoms with van der Waals surface area (Å²) < 4.78 is 0.793. The number of carbonyl (C=O) groups is 2. The molecule has 1 unspecified atom stereocenters. The van der Waals surface area contributed by atoms with Crippen LogP contribution in [0.3, 0.4) is 0 Å². The molecule has 1 heterocycles. The summed E-state index contributed by atoms with van der Waals surface area (Å²) in [5.41, 5.74) is 0.451. The van der Waals surface area contributed by atoms with Crippen LogP contribution in [0.2, 0.25) is 5.02 Å². The molecular weight excluding hydrogens is 334 g/mol. The third-order valence-corrected chi connectivity index (χ3v) is 4.02. The van der Waals surface area contributed by atoms with Gasteiger partial charge in [-0.2, -0.15) is 0 Å². The topological polar surface area (TPSA) is 57.6 Å². The fraction of sp³-hybridized carbons (Fsp3) is 0.385. The van der Waals surface area contributed by atoms with Crippen molar-refractivity contribution in [3.63, 3.8) is 0 Å². The van der Waals surface area contributed by atoms with E-state index in [0.717, 1.165) is 10.9 Å². The number of aliphatic carboxylic acids is 1. The highest BCUT2D eigenvalue weighted by atomic mass is 79.9. The molecule has 0 aromatic heterocycles. The molecule has 1 aliphatic rings. The Balaban J connectivity index is 2.09. The lowest BCUT2D eigenvalue weighted by atomic mass is 10.1. The maximum Gasteiger partial charge on any atom is 0.303 e. The van der Waals surface area contributed by atoms with Crippen LogP contribution in [-0.2, 0) is 4.79 Å². The van der Waals surface area contributed by atoms with Crippen molar-refractivity contribution in [1.29, 1.82) is 0 Å². The van der Waals surface area contributed by atoms with Gasteiger partial charge in [-0.3, -0.25) is 9.59 Å². The number of nitrogens with zero attached hydrogens (tertiary/aromatic N) is 1. The SMILES string of the molecule is O=C(O)CC1CCN(C(=O)c2cc(Br)ccc2Cl)C1. The molecule has 1 fully saturated rings. The van der Waals surface area contributed by atoms with Gasteiger partial charge in [0.1, 0.15) is 0 Å².